The molecule has 0 saturated heterocycles. The van der Waals surface area contributed by atoms with Crippen molar-refractivity contribution in [1.82, 2.24) is 5.32 Å². The van der Waals surface area contributed by atoms with Crippen molar-refractivity contribution in [3.63, 3.8) is 0 Å². The summed E-state index contributed by atoms with van der Waals surface area (Å²) in [5.74, 6) is -1.10. The first-order chi connectivity index (χ1) is 7.39. The molecular formula is C12H15NO3. The van der Waals surface area contributed by atoms with Gasteiger partial charge < -0.3 is 5.11 Å². The average Bonchev–Trinajstić information content (AvgIpc) is 2.17. The molecule has 86 valence electrons. The van der Waals surface area contributed by atoms with E-state index in [1.165, 1.54) is 13.8 Å². The Balaban J connectivity index is 2.52. The highest BCUT2D eigenvalue weighted by molar-refractivity contribution is 5.99. The number of benzene rings is 1. The summed E-state index contributed by atoms with van der Waals surface area (Å²) in [6, 6.07) is 9.09. The first-order valence-electron chi connectivity index (χ1n) is 5.00. The van der Waals surface area contributed by atoms with E-state index in [-0.39, 0.29) is 6.42 Å². The standard InChI is InChI=1S/C12H15NO3/c1-12(2,16)11(15)13-10(14)8-9-6-4-3-5-7-9/h3-7,16H,8H2,1-2H3,(H,13,14,15). The fraction of sp³-hybridized carbons (Fsp3) is 0.333. The summed E-state index contributed by atoms with van der Waals surface area (Å²) in [6.45, 7) is 2.66. The zero-order valence-corrected chi connectivity index (χ0v) is 9.36. The van der Waals surface area contributed by atoms with Gasteiger partial charge in [-0.1, -0.05) is 30.3 Å². The zero-order valence-electron chi connectivity index (χ0n) is 9.36. The van der Waals surface area contributed by atoms with Crippen molar-refractivity contribution in [2.75, 3.05) is 0 Å². The number of amides is 2. The maximum Gasteiger partial charge on any atom is 0.257 e. The molecular weight excluding hydrogens is 206 g/mol. The number of aliphatic hydroxyl groups is 1. The van der Waals surface area contributed by atoms with Gasteiger partial charge >= 0.3 is 0 Å². The second kappa shape index (κ2) is 4.90. The Morgan fingerprint density at radius 3 is 2.31 bits per heavy atom. The summed E-state index contributed by atoms with van der Waals surface area (Å²) in [5.41, 5.74) is -0.713. The van der Waals surface area contributed by atoms with Crippen LogP contribution in [0.15, 0.2) is 30.3 Å². The van der Waals surface area contributed by atoms with Crippen LogP contribution in [0.5, 0.6) is 0 Å². The SMILES string of the molecule is CC(C)(O)C(=O)NC(=O)Cc1ccccc1. The second-order valence-corrected chi connectivity index (χ2v) is 4.10. The largest absolute Gasteiger partial charge is 0.381 e. The van der Waals surface area contributed by atoms with Crippen LogP contribution in [0.2, 0.25) is 0 Å². The predicted octanol–water partition coefficient (Wildman–Crippen LogP) is 0.643. The molecule has 0 aliphatic carbocycles. The van der Waals surface area contributed by atoms with Gasteiger partial charge in [-0.3, -0.25) is 14.9 Å². The molecule has 2 amide bonds. The van der Waals surface area contributed by atoms with E-state index in [9.17, 15) is 14.7 Å². The third kappa shape index (κ3) is 3.82. The molecule has 4 nitrogen and oxygen atoms in total. The first kappa shape index (κ1) is 12.4. The fourth-order valence-corrected chi connectivity index (χ4v) is 1.11. The number of nitrogens with one attached hydrogen (secondary N) is 1. The highest BCUT2D eigenvalue weighted by atomic mass is 16.3. The van der Waals surface area contributed by atoms with Crippen molar-refractivity contribution in [2.24, 2.45) is 0 Å². The Kier molecular flexibility index (Phi) is 3.79. The maximum absolute atomic E-state index is 11.4. The summed E-state index contributed by atoms with van der Waals surface area (Å²) in [5, 5.41) is 11.5. The number of hydrogen-bond acceptors (Lipinski definition) is 3. The molecule has 0 unspecified atom stereocenters. The van der Waals surface area contributed by atoms with Crippen molar-refractivity contribution < 1.29 is 14.7 Å². The molecule has 16 heavy (non-hydrogen) atoms. The van der Waals surface area contributed by atoms with Crippen LogP contribution in [0.3, 0.4) is 0 Å². The van der Waals surface area contributed by atoms with E-state index in [1.54, 1.807) is 12.1 Å². The van der Waals surface area contributed by atoms with Crippen LogP contribution in [0, 0.1) is 0 Å². The number of carbonyl (C=O) groups excluding carboxylic acids is 2. The summed E-state index contributed by atoms with van der Waals surface area (Å²) in [4.78, 5) is 22.7. The lowest BCUT2D eigenvalue weighted by Crippen LogP contribution is -2.45. The molecule has 1 rings (SSSR count). The minimum atomic E-state index is -1.54. The van der Waals surface area contributed by atoms with E-state index in [2.05, 4.69) is 5.32 Å². The molecule has 2 N–H and O–H groups in total. The molecule has 0 spiro atoms. The molecule has 0 heterocycles. The number of carbonyl (C=O) groups is 2. The molecule has 0 radical (unpaired) electrons. The first-order valence-corrected chi connectivity index (χ1v) is 5.00. The van der Waals surface area contributed by atoms with Gasteiger partial charge in [-0.05, 0) is 19.4 Å². The van der Waals surface area contributed by atoms with E-state index in [0.29, 0.717) is 0 Å². The van der Waals surface area contributed by atoms with Crippen LogP contribution in [0.25, 0.3) is 0 Å². The Hall–Kier alpha value is -1.68. The van der Waals surface area contributed by atoms with E-state index < -0.39 is 17.4 Å². The fourth-order valence-electron chi connectivity index (χ4n) is 1.11. The van der Waals surface area contributed by atoms with Gasteiger partial charge in [-0.2, -0.15) is 0 Å². The Morgan fingerprint density at radius 2 is 1.81 bits per heavy atom. The van der Waals surface area contributed by atoms with Gasteiger partial charge in [-0.15, -0.1) is 0 Å². The average molecular weight is 221 g/mol. The van der Waals surface area contributed by atoms with Crippen LogP contribution in [0.4, 0.5) is 0 Å². The lowest BCUT2D eigenvalue weighted by atomic mass is 10.1. The third-order valence-corrected chi connectivity index (χ3v) is 2.02. The smallest absolute Gasteiger partial charge is 0.257 e. The van der Waals surface area contributed by atoms with Crippen LogP contribution in [0.1, 0.15) is 19.4 Å². The molecule has 0 bridgehead atoms. The molecule has 0 aliphatic heterocycles. The topological polar surface area (TPSA) is 66.4 Å². The summed E-state index contributed by atoms with van der Waals surface area (Å²) in [6.07, 6.45) is 0.128. The highest BCUT2D eigenvalue weighted by Crippen LogP contribution is 2.02. The van der Waals surface area contributed by atoms with Crippen molar-refractivity contribution in [1.29, 1.82) is 0 Å². The van der Waals surface area contributed by atoms with Crippen LogP contribution >= 0.6 is 0 Å². The van der Waals surface area contributed by atoms with Crippen LogP contribution in [-0.4, -0.2) is 22.5 Å². The minimum absolute atomic E-state index is 0.128. The van der Waals surface area contributed by atoms with Crippen molar-refractivity contribution >= 4 is 11.8 Å². The van der Waals surface area contributed by atoms with Gasteiger partial charge in [0.15, 0.2) is 0 Å². The third-order valence-electron chi connectivity index (χ3n) is 2.02. The summed E-state index contributed by atoms with van der Waals surface area (Å²) in [7, 11) is 0. The Labute approximate surface area is 94.3 Å². The van der Waals surface area contributed by atoms with E-state index in [4.69, 9.17) is 0 Å². The maximum atomic E-state index is 11.4. The van der Waals surface area contributed by atoms with Crippen LogP contribution in [-0.2, 0) is 16.0 Å². The van der Waals surface area contributed by atoms with Crippen LogP contribution < -0.4 is 5.32 Å². The lowest BCUT2D eigenvalue weighted by molar-refractivity contribution is -0.141. The normalized spacial score (nSPS) is 10.9. The predicted molar refractivity (Wildman–Crippen MR) is 59.6 cm³/mol. The van der Waals surface area contributed by atoms with Crippen molar-refractivity contribution in [3.05, 3.63) is 35.9 Å². The molecule has 4 heteroatoms. The quantitative estimate of drug-likeness (QED) is 0.787. The summed E-state index contributed by atoms with van der Waals surface area (Å²) >= 11 is 0. The summed E-state index contributed by atoms with van der Waals surface area (Å²) < 4.78 is 0. The zero-order chi connectivity index (χ0) is 12.2. The second-order valence-electron chi connectivity index (χ2n) is 4.10. The van der Waals surface area contributed by atoms with Gasteiger partial charge in [0.1, 0.15) is 5.60 Å². The van der Waals surface area contributed by atoms with E-state index in [1.807, 2.05) is 18.2 Å². The van der Waals surface area contributed by atoms with Crippen molar-refractivity contribution in [2.45, 2.75) is 25.9 Å². The minimum Gasteiger partial charge on any atom is -0.381 e. The van der Waals surface area contributed by atoms with Gasteiger partial charge in [0.2, 0.25) is 5.91 Å². The molecule has 1 aromatic rings. The number of hydrogen-bond donors (Lipinski definition) is 2. The monoisotopic (exact) mass is 221 g/mol. The molecule has 1 aromatic carbocycles. The molecule has 0 atom stereocenters. The van der Waals surface area contributed by atoms with Gasteiger partial charge in [0.25, 0.3) is 5.91 Å². The highest BCUT2D eigenvalue weighted by Gasteiger charge is 2.25. The van der Waals surface area contributed by atoms with Gasteiger partial charge in [-0.25, -0.2) is 0 Å². The number of rotatable bonds is 3. The Bertz CT molecular complexity index is 379. The lowest BCUT2D eigenvalue weighted by Gasteiger charge is -2.15. The van der Waals surface area contributed by atoms with Gasteiger partial charge in [0, 0.05) is 0 Å². The van der Waals surface area contributed by atoms with E-state index in [0.717, 1.165) is 5.56 Å². The Morgan fingerprint density at radius 1 is 1.25 bits per heavy atom. The molecule has 0 fully saturated rings. The van der Waals surface area contributed by atoms with Gasteiger partial charge in [0.05, 0.1) is 6.42 Å². The molecule has 0 aliphatic rings. The molecule has 0 saturated carbocycles. The molecule has 0 aromatic heterocycles. The number of imide groups is 1. The van der Waals surface area contributed by atoms with E-state index >= 15 is 0 Å². The van der Waals surface area contributed by atoms with Crippen molar-refractivity contribution in [3.8, 4) is 0 Å².